The highest BCUT2D eigenvalue weighted by Gasteiger charge is 2.23. The van der Waals surface area contributed by atoms with Gasteiger partial charge >= 0.3 is 0 Å². The second-order valence-electron chi connectivity index (χ2n) is 7.17. The van der Waals surface area contributed by atoms with Crippen LogP contribution >= 0.6 is 11.3 Å². The summed E-state index contributed by atoms with van der Waals surface area (Å²) >= 11 is 1.31. The van der Waals surface area contributed by atoms with Crippen molar-refractivity contribution in [1.29, 1.82) is 0 Å². The zero-order valence-corrected chi connectivity index (χ0v) is 19.5. The third kappa shape index (κ3) is 5.33. The molecule has 0 bridgehead atoms. The average molecular weight is 479 g/mol. The Bertz CT molecular complexity index is 1320. The first-order valence-corrected chi connectivity index (χ1v) is 12.6. The van der Waals surface area contributed by atoms with Crippen molar-refractivity contribution in [3.63, 3.8) is 0 Å². The molecule has 0 saturated heterocycles. The minimum Gasteiger partial charge on any atom is -0.298 e. The van der Waals surface area contributed by atoms with Crippen LogP contribution in [0.25, 0.3) is 11.3 Å². The largest absolute Gasteiger partial charge is 0.298 e. The molecule has 1 N–H and O–H groups in total. The Morgan fingerprint density at radius 3 is 2.45 bits per heavy atom. The molecule has 9 heteroatoms. The molecular weight excluding hydrogens is 456 g/mol. The quantitative estimate of drug-likeness (QED) is 0.397. The fourth-order valence-corrected chi connectivity index (χ4v) is 5.38. The first-order valence-electron chi connectivity index (χ1n) is 10.3. The van der Waals surface area contributed by atoms with Crippen LogP contribution in [0.3, 0.4) is 0 Å². The predicted molar refractivity (Wildman–Crippen MR) is 129 cm³/mol. The second kappa shape index (κ2) is 10.0. The molecule has 0 unspecified atom stereocenters. The van der Waals surface area contributed by atoms with E-state index in [2.05, 4.69) is 15.3 Å². The molecule has 0 aliphatic heterocycles. The average Bonchev–Trinajstić information content (AvgIpc) is 3.32. The van der Waals surface area contributed by atoms with Gasteiger partial charge in [-0.05, 0) is 42.0 Å². The molecule has 0 radical (unpaired) electrons. The van der Waals surface area contributed by atoms with Gasteiger partial charge < -0.3 is 0 Å². The zero-order valence-electron chi connectivity index (χ0n) is 17.9. The number of carbonyl (C=O) groups excluding carboxylic acids is 1. The molecule has 1 amide bonds. The number of nitrogens with one attached hydrogen (secondary N) is 1. The normalized spacial score (nSPS) is 11.5. The van der Waals surface area contributed by atoms with Crippen LogP contribution in [0.4, 0.5) is 5.13 Å². The van der Waals surface area contributed by atoms with Gasteiger partial charge in [0.25, 0.3) is 5.91 Å². The molecule has 0 aliphatic carbocycles. The number of hydrogen-bond donors (Lipinski definition) is 1. The lowest BCUT2D eigenvalue weighted by molar-refractivity contribution is 0.102. The van der Waals surface area contributed by atoms with E-state index in [1.165, 1.54) is 39.9 Å². The van der Waals surface area contributed by atoms with Crippen LogP contribution in [0.1, 0.15) is 22.8 Å². The van der Waals surface area contributed by atoms with Crippen molar-refractivity contribution in [2.24, 2.45) is 0 Å². The molecule has 0 atom stereocenters. The van der Waals surface area contributed by atoms with Gasteiger partial charge in [-0.15, -0.1) is 11.3 Å². The van der Waals surface area contributed by atoms with Gasteiger partial charge in [0, 0.05) is 42.0 Å². The smallest absolute Gasteiger partial charge is 0.257 e. The third-order valence-corrected chi connectivity index (χ3v) is 7.68. The number of thiazole rings is 1. The fraction of sp³-hybridized carbons (Fsp3) is 0.125. The first kappa shape index (κ1) is 22.8. The van der Waals surface area contributed by atoms with Gasteiger partial charge in [0.05, 0.1) is 10.6 Å². The second-order valence-corrected chi connectivity index (χ2v) is 9.97. The molecule has 7 nitrogen and oxygen atoms in total. The lowest BCUT2D eigenvalue weighted by Crippen LogP contribution is -2.30. The van der Waals surface area contributed by atoms with E-state index in [-0.39, 0.29) is 17.3 Å². The fourth-order valence-electron chi connectivity index (χ4n) is 3.23. The molecule has 2 aromatic carbocycles. The summed E-state index contributed by atoms with van der Waals surface area (Å²) in [4.78, 5) is 21.3. The van der Waals surface area contributed by atoms with Crippen LogP contribution in [-0.4, -0.2) is 35.1 Å². The minimum atomic E-state index is -3.69. The Balaban J connectivity index is 1.46. The van der Waals surface area contributed by atoms with Crippen molar-refractivity contribution in [2.45, 2.75) is 18.4 Å². The molecule has 0 saturated carbocycles. The summed E-state index contributed by atoms with van der Waals surface area (Å²) < 4.78 is 27.6. The summed E-state index contributed by atoms with van der Waals surface area (Å²) in [6.07, 6.45) is 3.39. The van der Waals surface area contributed by atoms with E-state index in [1.54, 1.807) is 19.3 Å². The predicted octanol–water partition coefficient (Wildman–Crippen LogP) is 4.67. The van der Waals surface area contributed by atoms with Crippen molar-refractivity contribution in [2.75, 3.05) is 11.9 Å². The Hall–Kier alpha value is -3.40. The van der Waals surface area contributed by atoms with Crippen molar-refractivity contribution >= 4 is 32.4 Å². The Labute approximate surface area is 196 Å². The number of sulfonamides is 1. The van der Waals surface area contributed by atoms with Crippen molar-refractivity contribution in [1.82, 2.24) is 14.3 Å². The van der Waals surface area contributed by atoms with Crippen LogP contribution in [-0.2, 0) is 16.6 Å². The van der Waals surface area contributed by atoms with Gasteiger partial charge in [0.2, 0.25) is 10.0 Å². The molecule has 33 heavy (non-hydrogen) atoms. The van der Waals surface area contributed by atoms with Crippen LogP contribution in [0.5, 0.6) is 0 Å². The molecule has 4 aromatic rings. The number of benzene rings is 2. The molecule has 4 rings (SSSR count). The van der Waals surface area contributed by atoms with Crippen molar-refractivity contribution in [3.05, 3.63) is 95.6 Å². The number of anilines is 1. The van der Waals surface area contributed by atoms with Crippen molar-refractivity contribution in [3.8, 4) is 11.3 Å². The number of pyridine rings is 1. The van der Waals surface area contributed by atoms with E-state index in [4.69, 9.17) is 0 Å². The first-order chi connectivity index (χ1) is 16.0. The molecule has 2 aromatic heterocycles. The molecule has 0 aliphatic rings. The van der Waals surface area contributed by atoms with E-state index < -0.39 is 10.0 Å². The summed E-state index contributed by atoms with van der Waals surface area (Å²) in [7, 11) is -3.69. The van der Waals surface area contributed by atoms with Crippen LogP contribution in [0, 0.1) is 0 Å². The highest BCUT2D eigenvalue weighted by Crippen LogP contribution is 2.25. The van der Waals surface area contributed by atoms with E-state index in [0.29, 0.717) is 17.2 Å². The zero-order chi connectivity index (χ0) is 23.3. The molecular formula is C24H22N4O3S2. The van der Waals surface area contributed by atoms with E-state index in [0.717, 1.165) is 16.8 Å². The Morgan fingerprint density at radius 2 is 1.79 bits per heavy atom. The van der Waals surface area contributed by atoms with Crippen LogP contribution < -0.4 is 5.32 Å². The number of aromatic nitrogens is 2. The standard InChI is InChI=1S/C24H22N4O3S2/c1-2-28(16-18-7-4-3-5-8-18)33(30,31)21-12-10-19(11-13-21)23(29)27-24-26-22(17-32-24)20-9-6-14-25-15-20/h3-15,17H,2,16H2,1H3,(H,26,27,29). The Kier molecular flexibility index (Phi) is 6.93. The number of carbonyl (C=O) groups is 1. The highest BCUT2D eigenvalue weighted by molar-refractivity contribution is 7.89. The molecule has 2 heterocycles. The van der Waals surface area contributed by atoms with E-state index >= 15 is 0 Å². The summed E-state index contributed by atoms with van der Waals surface area (Å²) in [5.41, 5.74) is 2.84. The van der Waals surface area contributed by atoms with Crippen LogP contribution in [0.15, 0.2) is 89.4 Å². The third-order valence-electron chi connectivity index (χ3n) is 4.99. The lowest BCUT2D eigenvalue weighted by atomic mass is 10.2. The van der Waals surface area contributed by atoms with Gasteiger partial charge in [-0.25, -0.2) is 13.4 Å². The number of hydrogen-bond acceptors (Lipinski definition) is 6. The van der Waals surface area contributed by atoms with E-state index in [1.807, 2.05) is 47.8 Å². The maximum Gasteiger partial charge on any atom is 0.257 e. The minimum absolute atomic E-state index is 0.143. The summed E-state index contributed by atoms with van der Waals surface area (Å²) in [5.74, 6) is -0.359. The maximum absolute atomic E-state index is 13.1. The highest BCUT2D eigenvalue weighted by atomic mass is 32.2. The Morgan fingerprint density at radius 1 is 1.03 bits per heavy atom. The lowest BCUT2D eigenvalue weighted by Gasteiger charge is -2.20. The van der Waals surface area contributed by atoms with Gasteiger partial charge in [0.15, 0.2) is 5.13 Å². The SMILES string of the molecule is CCN(Cc1ccccc1)S(=O)(=O)c1ccc(C(=O)Nc2nc(-c3cccnc3)cs2)cc1. The summed E-state index contributed by atoms with van der Waals surface area (Å²) in [5, 5.41) is 5.06. The van der Waals surface area contributed by atoms with Crippen molar-refractivity contribution < 1.29 is 13.2 Å². The van der Waals surface area contributed by atoms with Gasteiger partial charge in [-0.3, -0.25) is 15.1 Å². The van der Waals surface area contributed by atoms with E-state index in [9.17, 15) is 13.2 Å². The van der Waals surface area contributed by atoms with Gasteiger partial charge in [-0.1, -0.05) is 37.3 Å². The topological polar surface area (TPSA) is 92.3 Å². The number of rotatable bonds is 8. The molecule has 168 valence electrons. The number of amides is 1. The summed E-state index contributed by atoms with van der Waals surface area (Å²) in [6, 6.07) is 19.1. The van der Waals surface area contributed by atoms with Gasteiger partial charge in [-0.2, -0.15) is 4.31 Å². The molecule has 0 spiro atoms. The summed E-state index contributed by atoms with van der Waals surface area (Å²) in [6.45, 7) is 2.42. The van der Waals surface area contributed by atoms with Crippen LogP contribution in [0.2, 0.25) is 0 Å². The number of nitrogens with zero attached hydrogens (tertiary/aromatic N) is 3. The maximum atomic E-state index is 13.1. The monoisotopic (exact) mass is 478 g/mol. The van der Waals surface area contributed by atoms with Gasteiger partial charge in [0.1, 0.15) is 0 Å². The molecule has 0 fully saturated rings.